The van der Waals surface area contributed by atoms with Gasteiger partial charge in [-0.2, -0.15) is 0 Å². The molecule has 0 radical (unpaired) electrons. The number of hydrogen-bond donors (Lipinski definition) is 2. The van der Waals surface area contributed by atoms with Gasteiger partial charge in [0.2, 0.25) is 5.91 Å². The molecule has 44 heavy (non-hydrogen) atoms. The van der Waals surface area contributed by atoms with E-state index in [1.54, 1.807) is 36.4 Å². The molecule has 0 aliphatic carbocycles. The molecular weight excluding hydrogens is 601 g/mol. The lowest BCUT2D eigenvalue weighted by Gasteiger charge is -2.34. The van der Waals surface area contributed by atoms with E-state index in [0.29, 0.717) is 21.3 Å². The van der Waals surface area contributed by atoms with Crippen LogP contribution in [0.3, 0.4) is 0 Å². The van der Waals surface area contributed by atoms with Crippen molar-refractivity contribution < 1.29 is 19.1 Å². The smallest absolute Gasteiger partial charge is 0.410 e. The molecule has 1 aromatic heterocycles. The second-order valence-corrected chi connectivity index (χ2v) is 12.5. The second-order valence-electron chi connectivity index (χ2n) is 11.6. The molecule has 0 fully saturated rings. The Labute approximate surface area is 267 Å². The van der Waals surface area contributed by atoms with Gasteiger partial charge in [-0.05, 0) is 87.4 Å². The lowest BCUT2D eigenvalue weighted by Crippen LogP contribution is -2.49. The summed E-state index contributed by atoms with van der Waals surface area (Å²) < 4.78 is 11.1. The van der Waals surface area contributed by atoms with Gasteiger partial charge in [-0.15, -0.1) is 0 Å². The highest BCUT2D eigenvalue weighted by Gasteiger charge is 2.43. The molecule has 0 saturated heterocycles. The van der Waals surface area contributed by atoms with Crippen molar-refractivity contribution in [3.05, 3.63) is 105 Å². The number of hydrogen-bond acceptors (Lipinski definition) is 7. The Kier molecular flexibility index (Phi) is 9.20. The molecule has 2 aliphatic rings. The third-order valence-corrected chi connectivity index (χ3v) is 7.71. The Balaban J connectivity index is 1.61. The highest BCUT2D eigenvalue weighted by atomic mass is 35.5. The number of nitrogens with zero attached hydrogens (tertiary/aromatic N) is 3. The zero-order chi connectivity index (χ0) is 31.6. The van der Waals surface area contributed by atoms with Gasteiger partial charge in [-0.25, -0.2) is 10.2 Å². The van der Waals surface area contributed by atoms with E-state index >= 15 is 0 Å². The number of hydrazine groups is 1. The van der Waals surface area contributed by atoms with Crippen LogP contribution >= 0.6 is 23.2 Å². The number of halogens is 2. The van der Waals surface area contributed by atoms with Gasteiger partial charge in [0, 0.05) is 23.3 Å². The van der Waals surface area contributed by atoms with Crippen LogP contribution in [0.4, 0.5) is 10.5 Å². The summed E-state index contributed by atoms with van der Waals surface area (Å²) in [5.41, 5.74) is 7.12. The summed E-state index contributed by atoms with van der Waals surface area (Å²) in [6.07, 6.45) is 3.20. The van der Waals surface area contributed by atoms with E-state index in [0.717, 1.165) is 28.3 Å². The molecule has 1 unspecified atom stereocenters. The van der Waals surface area contributed by atoms with Crippen molar-refractivity contribution in [1.29, 1.82) is 0 Å². The average molecular weight is 637 g/mol. The molecule has 2 amide bonds. The zero-order valence-electron chi connectivity index (χ0n) is 25.2. The number of aromatic nitrogens is 1. The minimum Gasteiger partial charge on any atom is -0.497 e. The fourth-order valence-electron chi connectivity index (χ4n) is 5.15. The predicted octanol–water partition coefficient (Wildman–Crippen LogP) is 6.56. The van der Waals surface area contributed by atoms with Gasteiger partial charge in [-0.3, -0.25) is 19.7 Å². The molecule has 2 aromatic carbocycles. The van der Waals surface area contributed by atoms with Crippen molar-refractivity contribution in [3.8, 4) is 5.75 Å². The number of pyridine rings is 1. The Morgan fingerprint density at radius 2 is 1.84 bits per heavy atom. The Bertz CT molecular complexity index is 1600. The molecular formula is C33H35Cl2N5O4. The highest BCUT2D eigenvalue weighted by Crippen LogP contribution is 2.40. The molecule has 2 atom stereocenters. The topological polar surface area (TPSA) is 96.0 Å². The third-order valence-electron chi connectivity index (χ3n) is 7.17. The van der Waals surface area contributed by atoms with E-state index in [9.17, 15) is 9.59 Å². The molecule has 11 heteroatoms. The first kappa shape index (κ1) is 31.4. The molecule has 0 bridgehead atoms. The van der Waals surface area contributed by atoms with Gasteiger partial charge in [0.1, 0.15) is 17.4 Å². The molecule has 2 aliphatic heterocycles. The molecule has 3 heterocycles. The van der Waals surface area contributed by atoms with Crippen molar-refractivity contribution in [2.75, 3.05) is 25.2 Å². The standard InChI is InChI=1S/C33H35Cl2N5O4/c1-20(27-8-6-7-15-36-27)37-31(41)29-25-19-39(32(42)44-33(2,3)4)18-22(16-21-9-12-24(43-5)13-10-21)30(25)40(38-29)28-14-11-23(34)17-26(28)35/h6-17,20,29,38H,18-19H2,1-5H3,(H,37,41)/b22-16+/t20-,29?/m1/s1. The highest BCUT2D eigenvalue weighted by molar-refractivity contribution is 6.36. The van der Waals surface area contributed by atoms with Crippen LogP contribution in [0.5, 0.6) is 5.75 Å². The van der Waals surface area contributed by atoms with E-state index < -0.39 is 17.7 Å². The van der Waals surface area contributed by atoms with Gasteiger partial charge in [0.15, 0.2) is 0 Å². The predicted molar refractivity (Wildman–Crippen MR) is 172 cm³/mol. The van der Waals surface area contributed by atoms with Crippen molar-refractivity contribution in [2.45, 2.75) is 45.4 Å². The fraction of sp³-hybridized carbons (Fsp3) is 0.303. The first-order valence-corrected chi connectivity index (χ1v) is 15.0. The van der Waals surface area contributed by atoms with Crippen LogP contribution in [0.1, 0.15) is 45.0 Å². The number of rotatable bonds is 6. The molecule has 3 aromatic rings. The molecule has 9 nitrogen and oxygen atoms in total. The van der Waals surface area contributed by atoms with E-state index in [-0.39, 0.29) is 25.0 Å². The van der Waals surface area contributed by atoms with Gasteiger partial charge in [-0.1, -0.05) is 41.4 Å². The quantitative estimate of drug-likeness (QED) is 0.317. The minimum atomic E-state index is -0.826. The Morgan fingerprint density at radius 3 is 2.48 bits per heavy atom. The van der Waals surface area contributed by atoms with Crippen molar-refractivity contribution in [3.63, 3.8) is 0 Å². The maximum Gasteiger partial charge on any atom is 0.410 e. The molecule has 230 valence electrons. The normalized spacial score (nSPS) is 18.2. The van der Waals surface area contributed by atoms with E-state index in [1.807, 2.05) is 81.2 Å². The number of ether oxygens (including phenoxy) is 2. The van der Waals surface area contributed by atoms with Gasteiger partial charge in [0.25, 0.3) is 0 Å². The first-order valence-electron chi connectivity index (χ1n) is 14.2. The van der Waals surface area contributed by atoms with Gasteiger partial charge < -0.3 is 14.8 Å². The minimum absolute atomic E-state index is 0.162. The average Bonchev–Trinajstić information content (AvgIpc) is 3.37. The largest absolute Gasteiger partial charge is 0.497 e. The SMILES string of the molecule is COc1ccc(/C=C2\CN(C(=O)OC(C)(C)C)CC3=C2N(c2ccc(Cl)cc2Cl)NC3C(=O)N[C@H](C)c2ccccn2)cc1. The Morgan fingerprint density at radius 1 is 1.09 bits per heavy atom. The maximum atomic E-state index is 14.0. The van der Waals surface area contributed by atoms with Gasteiger partial charge in [0.05, 0.1) is 41.8 Å². The molecule has 5 rings (SSSR count). The van der Waals surface area contributed by atoms with Crippen LogP contribution in [-0.2, 0) is 9.53 Å². The summed E-state index contributed by atoms with van der Waals surface area (Å²) in [6.45, 7) is 7.75. The number of carbonyl (C=O) groups is 2. The number of amides is 2. The summed E-state index contributed by atoms with van der Waals surface area (Å²) in [5.74, 6) is 0.444. The molecule has 0 saturated carbocycles. The van der Waals surface area contributed by atoms with Gasteiger partial charge >= 0.3 is 6.09 Å². The zero-order valence-corrected chi connectivity index (χ0v) is 26.7. The van der Waals surface area contributed by atoms with Crippen LogP contribution in [0.25, 0.3) is 6.08 Å². The lowest BCUT2D eigenvalue weighted by molar-refractivity contribution is -0.122. The summed E-state index contributed by atoms with van der Waals surface area (Å²) in [6, 6.07) is 17.2. The van der Waals surface area contributed by atoms with Crippen LogP contribution in [0.15, 0.2) is 83.7 Å². The fourth-order valence-corrected chi connectivity index (χ4v) is 5.65. The third kappa shape index (κ3) is 7.01. The Hall–Kier alpha value is -4.05. The number of benzene rings is 2. The lowest BCUT2D eigenvalue weighted by atomic mass is 9.95. The van der Waals surface area contributed by atoms with Crippen molar-refractivity contribution in [2.24, 2.45) is 0 Å². The maximum absolute atomic E-state index is 14.0. The summed E-state index contributed by atoms with van der Waals surface area (Å²) in [5, 5.41) is 5.78. The van der Waals surface area contributed by atoms with Crippen molar-refractivity contribution in [1.82, 2.24) is 20.6 Å². The van der Waals surface area contributed by atoms with E-state index in [1.165, 1.54) is 0 Å². The monoisotopic (exact) mass is 635 g/mol. The number of nitrogens with one attached hydrogen (secondary N) is 2. The summed E-state index contributed by atoms with van der Waals surface area (Å²) in [4.78, 5) is 33.4. The van der Waals surface area contributed by atoms with E-state index in [4.69, 9.17) is 32.7 Å². The van der Waals surface area contributed by atoms with Crippen LogP contribution in [0.2, 0.25) is 10.0 Å². The first-order chi connectivity index (χ1) is 20.9. The van der Waals surface area contributed by atoms with E-state index in [2.05, 4.69) is 15.7 Å². The molecule has 0 spiro atoms. The second kappa shape index (κ2) is 12.9. The summed E-state index contributed by atoms with van der Waals surface area (Å²) >= 11 is 12.9. The summed E-state index contributed by atoms with van der Waals surface area (Å²) in [7, 11) is 1.61. The van der Waals surface area contributed by atoms with Crippen LogP contribution < -0.4 is 20.5 Å². The number of anilines is 1. The van der Waals surface area contributed by atoms with Crippen molar-refractivity contribution >= 4 is 47.0 Å². The van der Waals surface area contributed by atoms with Crippen LogP contribution in [-0.4, -0.2) is 53.7 Å². The number of carbonyl (C=O) groups excluding carboxylic acids is 2. The molecule has 2 N–H and O–H groups in total. The van der Waals surface area contributed by atoms with Crippen LogP contribution in [0, 0.1) is 0 Å². The number of methoxy groups -OCH3 is 1.